The second kappa shape index (κ2) is 5.48. The number of aromatic nitrogens is 1. The van der Waals surface area contributed by atoms with Crippen molar-refractivity contribution in [3.8, 4) is 5.75 Å². The topological polar surface area (TPSA) is 74.3 Å². The van der Waals surface area contributed by atoms with Gasteiger partial charge in [0.2, 0.25) is 0 Å². The SMILES string of the molecule is COC(=O)c1ccc(CNc2ccc(C)c(O)c2)[nH]1. The van der Waals surface area contributed by atoms with Crippen LogP contribution >= 0.6 is 0 Å². The summed E-state index contributed by atoms with van der Waals surface area (Å²) in [6, 6.07) is 8.88. The van der Waals surface area contributed by atoms with Gasteiger partial charge in [-0.15, -0.1) is 0 Å². The lowest BCUT2D eigenvalue weighted by Gasteiger charge is -2.07. The van der Waals surface area contributed by atoms with Crippen LogP contribution in [0.3, 0.4) is 0 Å². The van der Waals surface area contributed by atoms with E-state index in [-0.39, 0.29) is 11.7 Å². The predicted molar refractivity (Wildman–Crippen MR) is 72.3 cm³/mol. The number of esters is 1. The number of anilines is 1. The molecule has 0 aliphatic rings. The maximum absolute atomic E-state index is 11.3. The third-order valence-corrected chi connectivity index (χ3v) is 2.84. The van der Waals surface area contributed by atoms with Crippen molar-refractivity contribution in [2.45, 2.75) is 13.5 Å². The molecule has 5 heteroatoms. The van der Waals surface area contributed by atoms with Gasteiger partial charge in [-0.25, -0.2) is 4.79 Å². The molecule has 2 rings (SSSR count). The number of phenolic OH excluding ortho intramolecular Hbond substituents is 1. The number of H-pyrrole nitrogens is 1. The van der Waals surface area contributed by atoms with Crippen LogP contribution in [0.5, 0.6) is 5.75 Å². The molecule has 100 valence electrons. The molecule has 0 radical (unpaired) electrons. The Morgan fingerprint density at radius 3 is 2.84 bits per heavy atom. The molecule has 3 N–H and O–H groups in total. The number of aryl methyl sites for hydroxylation is 1. The van der Waals surface area contributed by atoms with Crippen molar-refractivity contribution in [2.75, 3.05) is 12.4 Å². The first-order valence-corrected chi connectivity index (χ1v) is 5.90. The number of ether oxygens (including phenoxy) is 1. The average molecular weight is 260 g/mol. The summed E-state index contributed by atoms with van der Waals surface area (Å²) >= 11 is 0. The van der Waals surface area contributed by atoms with E-state index >= 15 is 0 Å². The van der Waals surface area contributed by atoms with Crippen LogP contribution in [-0.4, -0.2) is 23.2 Å². The maximum Gasteiger partial charge on any atom is 0.354 e. The highest BCUT2D eigenvalue weighted by atomic mass is 16.5. The Morgan fingerprint density at radius 1 is 1.37 bits per heavy atom. The van der Waals surface area contributed by atoms with Crippen molar-refractivity contribution in [3.05, 3.63) is 47.3 Å². The van der Waals surface area contributed by atoms with E-state index in [0.717, 1.165) is 16.9 Å². The van der Waals surface area contributed by atoms with Crippen LogP contribution in [0.4, 0.5) is 5.69 Å². The number of carbonyl (C=O) groups excluding carboxylic acids is 1. The minimum absolute atomic E-state index is 0.256. The molecule has 0 saturated carbocycles. The molecule has 0 aliphatic heterocycles. The van der Waals surface area contributed by atoms with Crippen LogP contribution < -0.4 is 5.32 Å². The van der Waals surface area contributed by atoms with Crippen LogP contribution in [0.1, 0.15) is 21.7 Å². The zero-order valence-electron chi connectivity index (χ0n) is 10.9. The third-order valence-electron chi connectivity index (χ3n) is 2.84. The van der Waals surface area contributed by atoms with Crippen molar-refractivity contribution in [2.24, 2.45) is 0 Å². The van der Waals surface area contributed by atoms with Crippen molar-refractivity contribution in [1.29, 1.82) is 0 Å². The van der Waals surface area contributed by atoms with Crippen LogP contribution in [0.15, 0.2) is 30.3 Å². The van der Waals surface area contributed by atoms with E-state index in [4.69, 9.17) is 0 Å². The van der Waals surface area contributed by atoms with Crippen molar-refractivity contribution < 1.29 is 14.6 Å². The van der Waals surface area contributed by atoms with E-state index in [1.165, 1.54) is 7.11 Å². The molecule has 0 saturated heterocycles. The van der Waals surface area contributed by atoms with Crippen LogP contribution in [0.25, 0.3) is 0 Å². The summed E-state index contributed by atoms with van der Waals surface area (Å²) in [7, 11) is 1.34. The second-order valence-electron chi connectivity index (χ2n) is 4.24. The van der Waals surface area contributed by atoms with Gasteiger partial charge in [0, 0.05) is 17.4 Å². The van der Waals surface area contributed by atoms with Gasteiger partial charge in [-0.1, -0.05) is 6.07 Å². The fraction of sp³-hybridized carbons (Fsp3) is 0.214. The molecule has 1 aromatic carbocycles. The summed E-state index contributed by atoms with van der Waals surface area (Å²) in [6.07, 6.45) is 0. The number of carbonyl (C=O) groups is 1. The standard InChI is InChI=1S/C14H16N2O3/c1-9-3-4-10(7-13(9)17)15-8-11-5-6-12(16-11)14(18)19-2/h3-7,15-17H,8H2,1-2H3. The van der Waals surface area contributed by atoms with E-state index in [2.05, 4.69) is 15.0 Å². The molecule has 0 unspecified atom stereocenters. The van der Waals surface area contributed by atoms with E-state index in [0.29, 0.717) is 12.2 Å². The Morgan fingerprint density at radius 2 is 2.16 bits per heavy atom. The lowest BCUT2D eigenvalue weighted by Crippen LogP contribution is -2.03. The fourth-order valence-electron chi connectivity index (χ4n) is 1.69. The molecule has 0 bridgehead atoms. The Labute approximate surface area is 111 Å². The number of aromatic hydroxyl groups is 1. The third kappa shape index (κ3) is 3.07. The number of benzene rings is 1. The normalized spacial score (nSPS) is 10.2. The highest BCUT2D eigenvalue weighted by Crippen LogP contribution is 2.21. The number of nitrogens with one attached hydrogen (secondary N) is 2. The van der Waals surface area contributed by atoms with Crippen molar-refractivity contribution in [3.63, 3.8) is 0 Å². The van der Waals surface area contributed by atoms with Crippen LogP contribution in [0.2, 0.25) is 0 Å². The lowest BCUT2D eigenvalue weighted by molar-refractivity contribution is 0.0594. The average Bonchev–Trinajstić information content (AvgIpc) is 2.88. The highest BCUT2D eigenvalue weighted by Gasteiger charge is 2.07. The first kappa shape index (κ1) is 13.0. The number of methoxy groups -OCH3 is 1. The number of aromatic amines is 1. The first-order chi connectivity index (χ1) is 9.10. The van der Waals surface area contributed by atoms with Gasteiger partial charge >= 0.3 is 5.97 Å². The van der Waals surface area contributed by atoms with Crippen LogP contribution in [0, 0.1) is 6.92 Å². The van der Waals surface area contributed by atoms with Gasteiger partial charge in [0.05, 0.1) is 13.7 Å². The summed E-state index contributed by atoms with van der Waals surface area (Å²) in [4.78, 5) is 14.2. The monoisotopic (exact) mass is 260 g/mol. The second-order valence-corrected chi connectivity index (χ2v) is 4.24. The van der Waals surface area contributed by atoms with Gasteiger partial charge in [0.25, 0.3) is 0 Å². The maximum atomic E-state index is 11.3. The molecule has 19 heavy (non-hydrogen) atoms. The van der Waals surface area contributed by atoms with E-state index in [1.807, 2.05) is 25.1 Å². The number of rotatable bonds is 4. The quantitative estimate of drug-likeness (QED) is 0.738. The first-order valence-electron chi connectivity index (χ1n) is 5.90. The number of hydrogen-bond donors (Lipinski definition) is 3. The molecule has 2 aromatic rings. The number of phenols is 1. The summed E-state index contributed by atoms with van der Waals surface area (Å²) < 4.78 is 4.62. The van der Waals surface area contributed by atoms with Gasteiger partial charge in [0.15, 0.2) is 0 Å². The summed E-state index contributed by atoms with van der Waals surface area (Å²) in [5.74, 6) is -0.133. The fourth-order valence-corrected chi connectivity index (χ4v) is 1.69. The molecular weight excluding hydrogens is 244 g/mol. The lowest BCUT2D eigenvalue weighted by atomic mass is 10.2. The Bertz CT molecular complexity index is 590. The van der Waals surface area contributed by atoms with Crippen molar-refractivity contribution >= 4 is 11.7 Å². The molecule has 0 atom stereocenters. The summed E-state index contributed by atoms with van der Waals surface area (Å²) in [5.41, 5.74) is 2.93. The molecular formula is C14H16N2O3. The smallest absolute Gasteiger partial charge is 0.354 e. The highest BCUT2D eigenvalue weighted by molar-refractivity contribution is 5.87. The van der Waals surface area contributed by atoms with Crippen LogP contribution in [-0.2, 0) is 11.3 Å². The minimum atomic E-state index is -0.390. The van der Waals surface area contributed by atoms with Crippen molar-refractivity contribution in [1.82, 2.24) is 4.98 Å². The minimum Gasteiger partial charge on any atom is -0.508 e. The predicted octanol–water partition coefficient (Wildman–Crippen LogP) is 2.43. The van der Waals surface area contributed by atoms with Gasteiger partial charge in [-0.3, -0.25) is 0 Å². The Balaban J connectivity index is 2.00. The summed E-state index contributed by atoms with van der Waals surface area (Å²) in [6.45, 7) is 2.37. The van der Waals surface area contributed by atoms with Gasteiger partial charge in [-0.05, 0) is 30.7 Å². The van der Waals surface area contributed by atoms with Gasteiger partial charge in [0.1, 0.15) is 11.4 Å². The molecule has 0 aliphatic carbocycles. The van der Waals surface area contributed by atoms with Gasteiger partial charge in [-0.2, -0.15) is 0 Å². The molecule has 0 fully saturated rings. The zero-order valence-corrected chi connectivity index (χ0v) is 10.9. The molecule has 0 spiro atoms. The van der Waals surface area contributed by atoms with E-state index in [1.54, 1.807) is 12.1 Å². The largest absolute Gasteiger partial charge is 0.508 e. The zero-order chi connectivity index (χ0) is 13.8. The van der Waals surface area contributed by atoms with E-state index < -0.39 is 0 Å². The molecule has 1 aromatic heterocycles. The molecule has 1 heterocycles. The Kier molecular flexibility index (Phi) is 3.75. The van der Waals surface area contributed by atoms with E-state index in [9.17, 15) is 9.90 Å². The Hall–Kier alpha value is -2.43. The van der Waals surface area contributed by atoms with Gasteiger partial charge < -0.3 is 20.1 Å². The molecule has 5 nitrogen and oxygen atoms in total. The summed E-state index contributed by atoms with van der Waals surface area (Å²) in [5, 5.41) is 12.8. The molecule has 0 amide bonds. The number of hydrogen-bond acceptors (Lipinski definition) is 4.